The van der Waals surface area contributed by atoms with Crippen LogP contribution >= 0.6 is 0 Å². The van der Waals surface area contributed by atoms with Crippen molar-refractivity contribution in [1.82, 2.24) is 5.32 Å². The van der Waals surface area contributed by atoms with E-state index in [2.05, 4.69) is 5.32 Å². The van der Waals surface area contributed by atoms with Crippen molar-refractivity contribution >= 4 is 9.84 Å². The van der Waals surface area contributed by atoms with Crippen molar-refractivity contribution in [1.29, 1.82) is 0 Å². The first kappa shape index (κ1) is 12.0. The minimum absolute atomic E-state index is 0.0741. The molecule has 1 N–H and O–H groups in total. The number of nitrogens with one attached hydrogen (secondary N) is 1. The second-order valence-electron chi connectivity index (χ2n) is 4.90. The van der Waals surface area contributed by atoms with Crippen LogP contribution in [-0.4, -0.2) is 32.5 Å². The van der Waals surface area contributed by atoms with Crippen LogP contribution in [0.25, 0.3) is 0 Å². The third-order valence-electron chi connectivity index (χ3n) is 3.41. The summed E-state index contributed by atoms with van der Waals surface area (Å²) in [6, 6.07) is 0.0741. The lowest BCUT2D eigenvalue weighted by Gasteiger charge is -2.32. The molecule has 0 aromatic rings. The van der Waals surface area contributed by atoms with Gasteiger partial charge in [-0.15, -0.1) is 0 Å². The average Bonchev–Trinajstić information content (AvgIpc) is 2.80. The molecule has 3 nitrogen and oxygen atoms in total. The van der Waals surface area contributed by atoms with Crippen LogP contribution in [0.15, 0.2) is 0 Å². The fourth-order valence-electron chi connectivity index (χ4n) is 1.69. The van der Waals surface area contributed by atoms with Crippen LogP contribution in [0, 0.1) is 5.92 Å². The Morgan fingerprint density at radius 3 is 2.21 bits per heavy atom. The van der Waals surface area contributed by atoms with E-state index < -0.39 is 14.6 Å². The van der Waals surface area contributed by atoms with Gasteiger partial charge >= 0.3 is 0 Å². The highest BCUT2D eigenvalue weighted by atomic mass is 32.2. The molecule has 0 aliphatic heterocycles. The standard InChI is InChI=1S/C10H21NO2S/c1-10(2,14(4,12)13)9(11-3)7-8-5-6-8/h8-9,11H,5-7H2,1-4H3. The molecule has 4 heteroatoms. The SMILES string of the molecule is CNC(CC1CC1)C(C)(C)S(C)(=O)=O. The van der Waals surface area contributed by atoms with Gasteiger partial charge in [-0.3, -0.25) is 0 Å². The highest BCUT2D eigenvalue weighted by Gasteiger charge is 2.40. The van der Waals surface area contributed by atoms with E-state index in [4.69, 9.17) is 0 Å². The van der Waals surface area contributed by atoms with Crippen LogP contribution in [0.5, 0.6) is 0 Å². The first-order chi connectivity index (χ1) is 6.29. The van der Waals surface area contributed by atoms with Crippen molar-refractivity contribution in [2.24, 2.45) is 5.92 Å². The summed E-state index contributed by atoms with van der Waals surface area (Å²) in [5.41, 5.74) is 0. The van der Waals surface area contributed by atoms with E-state index >= 15 is 0 Å². The van der Waals surface area contributed by atoms with E-state index in [0.29, 0.717) is 0 Å². The Labute approximate surface area is 87.2 Å². The van der Waals surface area contributed by atoms with Crippen molar-refractivity contribution in [2.45, 2.75) is 43.9 Å². The summed E-state index contributed by atoms with van der Waals surface area (Å²) in [5, 5.41) is 3.14. The zero-order valence-electron chi connectivity index (χ0n) is 9.50. The van der Waals surface area contributed by atoms with Gasteiger partial charge in [-0.05, 0) is 33.2 Å². The van der Waals surface area contributed by atoms with Crippen LogP contribution in [0.4, 0.5) is 0 Å². The average molecular weight is 219 g/mol. The summed E-state index contributed by atoms with van der Waals surface area (Å²) in [5.74, 6) is 0.744. The lowest BCUT2D eigenvalue weighted by molar-refractivity contribution is 0.395. The molecule has 0 saturated heterocycles. The molecule has 1 atom stereocenters. The van der Waals surface area contributed by atoms with Gasteiger partial charge in [0, 0.05) is 12.3 Å². The van der Waals surface area contributed by atoms with Crippen LogP contribution in [-0.2, 0) is 9.84 Å². The predicted octanol–water partition coefficient (Wildman–Crippen LogP) is 1.20. The summed E-state index contributed by atoms with van der Waals surface area (Å²) >= 11 is 0. The normalized spacial score (nSPS) is 20.9. The summed E-state index contributed by atoms with van der Waals surface area (Å²) in [4.78, 5) is 0. The Hall–Kier alpha value is -0.0900. The Bertz CT molecular complexity index is 291. The van der Waals surface area contributed by atoms with E-state index in [9.17, 15) is 8.42 Å². The Kier molecular flexibility index (Phi) is 3.26. The molecule has 84 valence electrons. The van der Waals surface area contributed by atoms with Crippen LogP contribution in [0.2, 0.25) is 0 Å². The van der Waals surface area contributed by atoms with Crippen LogP contribution < -0.4 is 5.32 Å². The van der Waals surface area contributed by atoms with E-state index in [1.54, 1.807) is 0 Å². The quantitative estimate of drug-likeness (QED) is 0.755. The molecule has 0 aromatic heterocycles. The van der Waals surface area contributed by atoms with Gasteiger partial charge in [0.15, 0.2) is 9.84 Å². The third-order valence-corrected chi connectivity index (χ3v) is 5.61. The largest absolute Gasteiger partial charge is 0.315 e. The van der Waals surface area contributed by atoms with Gasteiger partial charge in [0.05, 0.1) is 4.75 Å². The summed E-state index contributed by atoms with van der Waals surface area (Å²) in [6.07, 6.45) is 4.83. The molecular weight excluding hydrogens is 198 g/mol. The van der Waals surface area contributed by atoms with Gasteiger partial charge in [-0.1, -0.05) is 12.8 Å². The van der Waals surface area contributed by atoms with E-state index in [0.717, 1.165) is 12.3 Å². The van der Waals surface area contributed by atoms with E-state index in [-0.39, 0.29) is 6.04 Å². The predicted molar refractivity (Wildman–Crippen MR) is 59.1 cm³/mol. The zero-order chi connectivity index (χ0) is 11.0. The molecule has 0 radical (unpaired) electrons. The lowest BCUT2D eigenvalue weighted by atomic mass is 9.98. The molecule has 1 fully saturated rings. The fourth-order valence-corrected chi connectivity index (χ4v) is 2.43. The maximum absolute atomic E-state index is 11.6. The minimum atomic E-state index is -2.99. The Morgan fingerprint density at radius 1 is 1.43 bits per heavy atom. The highest BCUT2D eigenvalue weighted by Crippen LogP contribution is 2.37. The first-order valence-electron chi connectivity index (χ1n) is 5.16. The zero-order valence-corrected chi connectivity index (χ0v) is 10.3. The summed E-state index contributed by atoms with van der Waals surface area (Å²) in [7, 11) is -1.15. The third kappa shape index (κ3) is 2.48. The molecule has 0 spiro atoms. The van der Waals surface area contributed by atoms with E-state index in [1.807, 2.05) is 20.9 Å². The Balaban J connectivity index is 2.75. The van der Waals surface area contributed by atoms with Gasteiger partial charge in [0.2, 0.25) is 0 Å². The monoisotopic (exact) mass is 219 g/mol. The maximum Gasteiger partial charge on any atom is 0.154 e. The molecule has 1 aliphatic carbocycles. The van der Waals surface area contributed by atoms with Gasteiger partial charge < -0.3 is 5.32 Å². The highest BCUT2D eigenvalue weighted by molar-refractivity contribution is 7.92. The van der Waals surface area contributed by atoms with Gasteiger partial charge in [-0.25, -0.2) is 8.42 Å². The molecule has 0 aromatic carbocycles. The van der Waals surface area contributed by atoms with Crippen LogP contribution in [0.1, 0.15) is 33.1 Å². The van der Waals surface area contributed by atoms with Gasteiger partial charge in [-0.2, -0.15) is 0 Å². The van der Waals surface area contributed by atoms with Gasteiger partial charge in [0.25, 0.3) is 0 Å². The van der Waals surface area contributed by atoms with Crippen LogP contribution in [0.3, 0.4) is 0 Å². The molecular formula is C10H21NO2S. The number of hydrogen-bond acceptors (Lipinski definition) is 3. The first-order valence-corrected chi connectivity index (χ1v) is 7.05. The van der Waals surface area contributed by atoms with Gasteiger partial charge in [0.1, 0.15) is 0 Å². The van der Waals surface area contributed by atoms with Crippen molar-refractivity contribution in [3.8, 4) is 0 Å². The Morgan fingerprint density at radius 2 is 1.93 bits per heavy atom. The minimum Gasteiger partial charge on any atom is -0.315 e. The molecule has 0 amide bonds. The van der Waals surface area contributed by atoms with E-state index in [1.165, 1.54) is 19.1 Å². The van der Waals surface area contributed by atoms with Crippen molar-refractivity contribution in [3.05, 3.63) is 0 Å². The maximum atomic E-state index is 11.6. The second kappa shape index (κ2) is 3.81. The molecule has 1 unspecified atom stereocenters. The summed E-state index contributed by atoms with van der Waals surface area (Å²) in [6.45, 7) is 3.62. The smallest absolute Gasteiger partial charge is 0.154 e. The van der Waals surface area contributed by atoms with Crippen molar-refractivity contribution in [3.63, 3.8) is 0 Å². The molecule has 0 heterocycles. The van der Waals surface area contributed by atoms with Crippen molar-refractivity contribution in [2.75, 3.05) is 13.3 Å². The second-order valence-corrected chi connectivity index (χ2v) is 7.49. The van der Waals surface area contributed by atoms with Crippen molar-refractivity contribution < 1.29 is 8.42 Å². The molecule has 1 rings (SSSR count). The molecule has 1 saturated carbocycles. The summed E-state index contributed by atoms with van der Waals surface area (Å²) < 4.78 is 22.6. The fraction of sp³-hybridized carbons (Fsp3) is 1.00. The number of hydrogen-bond donors (Lipinski definition) is 1. The number of rotatable bonds is 5. The molecule has 1 aliphatic rings. The lowest BCUT2D eigenvalue weighted by Crippen LogP contribution is -2.50. The molecule has 14 heavy (non-hydrogen) atoms. The topological polar surface area (TPSA) is 46.2 Å². The molecule has 0 bridgehead atoms. The number of sulfone groups is 1.